The molecule has 0 saturated heterocycles. The summed E-state index contributed by atoms with van der Waals surface area (Å²) in [5, 5.41) is 14.4. The molecule has 1 aromatic heterocycles. The molecule has 0 bridgehead atoms. The molecule has 136 valence electrons. The summed E-state index contributed by atoms with van der Waals surface area (Å²) in [6, 6.07) is -1.74. The quantitative estimate of drug-likeness (QED) is 0.679. The molecule has 0 aliphatic heterocycles. The Hall–Kier alpha value is -2.51. The highest BCUT2D eigenvalue weighted by Crippen LogP contribution is 2.27. The second-order valence-corrected chi connectivity index (χ2v) is 6.25. The van der Waals surface area contributed by atoms with E-state index in [4.69, 9.17) is 5.11 Å². The third kappa shape index (κ3) is 5.23. The minimum Gasteiger partial charge on any atom is -0.480 e. The molecule has 1 fully saturated rings. The first kappa shape index (κ1) is 18.8. The van der Waals surface area contributed by atoms with Crippen LogP contribution in [0, 0.1) is 5.92 Å². The second-order valence-electron chi connectivity index (χ2n) is 6.25. The smallest absolute Gasteiger partial charge is 0.326 e. The van der Waals surface area contributed by atoms with Crippen molar-refractivity contribution < 1.29 is 19.5 Å². The maximum atomic E-state index is 12.7. The van der Waals surface area contributed by atoms with Gasteiger partial charge in [0.1, 0.15) is 17.8 Å². The molecule has 1 aliphatic rings. The normalized spacial score (nSPS) is 17.3. The van der Waals surface area contributed by atoms with Crippen LogP contribution in [-0.2, 0) is 9.59 Å². The van der Waals surface area contributed by atoms with Gasteiger partial charge < -0.3 is 15.7 Å². The lowest BCUT2D eigenvalue weighted by atomic mass is 9.83. The molecule has 1 heterocycles. The Kier molecular flexibility index (Phi) is 6.85. The minimum absolute atomic E-state index is 0.0133. The summed E-state index contributed by atoms with van der Waals surface area (Å²) >= 11 is 0. The Morgan fingerprint density at radius 3 is 2.48 bits per heavy atom. The standard InChI is InChI=1S/C17H24N4O4/c1-2-12(17(24)25)20-16(23)14(11-6-4-3-5-7-11)21-15(22)13-10-18-8-9-19-13/h8-12,14H,2-7H2,1H3,(H,20,23)(H,21,22)(H,24,25)/t12?,14-/m0/s1. The molecule has 8 heteroatoms. The van der Waals surface area contributed by atoms with Gasteiger partial charge in [-0.3, -0.25) is 14.6 Å². The summed E-state index contributed by atoms with van der Waals surface area (Å²) in [4.78, 5) is 44.0. The molecule has 25 heavy (non-hydrogen) atoms. The summed E-state index contributed by atoms with van der Waals surface area (Å²) in [6.07, 6.45) is 9.20. The Bertz CT molecular complexity index is 602. The van der Waals surface area contributed by atoms with Crippen LogP contribution in [-0.4, -0.2) is 44.9 Å². The molecule has 2 atom stereocenters. The number of carboxylic acid groups (broad SMARTS) is 1. The summed E-state index contributed by atoms with van der Waals surface area (Å²) in [5.74, 6) is -2.04. The lowest BCUT2D eigenvalue weighted by Crippen LogP contribution is -2.54. The van der Waals surface area contributed by atoms with Crippen LogP contribution in [0.2, 0.25) is 0 Å². The fourth-order valence-corrected chi connectivity index (χ4v) is 3.10. The monoisotopic (exact) mass is 348 g/mol. The first-order valence-electron chi connectivity index (χ1n) is 8.63. The van der Waals surface area contributed by atoms with Crippen LogP contribution in [0.1, 0.15) is 55.9 Å². The summed E-state index contributed by atoms with van der Waals surface area (Å²) in [6.45, 7) is 1.69. The van der Waals surface area contributed by atoms with Crippen LogP contribution >= 0.6 is 0 Å². The van der Waals surface area contributed by atoms with Crippen molar-refractivity contribution in [2.24, 2.45) is 5.92 Å². The number of carbonyl (C=O) groups excluding carboxylic acids is 2. The zero-order valence-electron chi connectivity index (χ0n) is 14.3. The predicted octanol–water partition coefficient (Wildman–Crippen LogP) is 1.13. The molecule has 1 aromatic rings. The fourth-order valence-electron chi connectivity index (χ4n) is 3.10. The van der Waals surface area contributed by atoms with Crippen LogP contribution in [0.25, 0.3) is 0 Å². The Labute approximate surface area is 146 Å². The highest BCUT2D eigenvalue weighted by atomic mass is 16.4. The highest BCUT2D eigenvalue weighted by molar-refractivity contribution is 5.96. The molecule has 0 spiro atoms. The predicted molar refractivity (Wildman–Crippen MR) is 89.7 cm³/mol. The van der Waals surface area contributed by atoms with Gasteiger partial charge in [0, 0.05) is 12.4 Å². The van der Waals surface area contributed by atoms with E-state index in [0.29, 0.717) is 0 Å². The lowest BCUT2D eigenvalue weighted by Gasteiger charge is -2.30. The van der Waals surface area contributed by atoms with E-state index in [1.807, 2.05) is 0 Å². The molecule has 0 radical (unpaired) electrons. The number of amides is 2. The number of aromatic nitrogens is 2. The fraction of sp³-hybridized carbons (Fsp3) is 0.588. The van der Waals surface area contributed by atoms with Gasteiger partial charge in [-0.2, -0.15) is 0 Å². The molecule has 2 rings (SSSR count). The van der Waals surface area contributed by atoms with E-state index in [2.05, 4.69) is 20.6 Å². The largest absolute Gasteiger partial charge is 0.480 e. The van der Waals surface area contributed by atoms with Gasteiger partial charge in [0.25, 0.3) is 5.91 Å². The molecule has 1 saturated carbocycles. The van der Waals surface area contributed by atoms with E-state index in [-0.39, 0.29) is 18.0 Å². The van der Waals surface area contributed by atoms with Crippen molar-refractivity contribution in [2.45, 2.75) is 57.5 Å². The SMILES string of the molecule is CCC(NC(=O)[C@@H](NC(=O)c1cnccn1)C1CCCCC1)C(=O)O. The number of aliphatic carboxylic acids is 1. The van der Waals surface area contributed by atoms with E-state index >= 15 is 0 Å². The van der Waals surface area contributed by atoms with Crippen LogP contribution in [0.15, 0.2) is 18.6 Å². The van der Waals surface area contributed by atoms with Crippen molar-refractivity contribution in [3.8, 4) is 0 Å². The molecular weight excluding hydrogens is 324 g/mol. The van der Waals surface area contributed by atoms with Gasteiger partial charge in [-0.05, 0) is 25.2 Å². The van der Waals surface area contributed by atoms with Gasteiger partial charge in [-0.25, -0.2) is 9.78 Å². The van der Waals surface area contributed by atoms with E-state index in [0.717, 1.165) is 32.1 Å². The summed E-state index contributed by atoms with van der Waals surface area (Å²) < 4.78 is 0. The Balaban J connectivity index is 2.13. The summed E-state index contributed by atoms with van der Waals surface area (Å²) in [5.41, 5.74) is 0.126. The first-order valence-corrected chi connectivity index (χ1v) is 8.63. The van der Waals surface area contributed by atoms with Crippen molar-refractivity contribution in [1.29, 1.82) is 0 Å². The topological polar surface area (TPSA) is 121 Å². The van der Waals surface area contributed by atoms with Crippen LogP contribution in [0.3, 0.4) is 0 Å². The molecule has 8 nitrogen and oxygen atoms in total. The average molecular weight is 348 g/mol. The van der Waals surface area contributed by atoms with Crippen molar-refractivity contribution in [3.63, 3.8) is 0 Å². The van der Waals surface area contributed by atoms with Crippen molar-refractivity contribution in [1.82, 2.24) is 20.6 Å². The van der Waals surface area contributed by atoms with Crippen LogP contribution in [0.4, 0.5) is 0 Å². The molecular formula is C17H24N4O4. The van der Waals surface area contributed by atoms with Crippen molar-refractivity contribution in [3.05, 3.63) is 24.3 Å². The molecule has 0 aromatic carbocycles. The van der Waals surface area contributed by atoms with Gasteiger partial charge in [-0.15, -0.1) is 0 Å². The maximum absolute atomic E-state index is 12.7. The average Bonchev–Trinajstić information content (AvgIpc) is 2.64. The van der Waals surface area contributed by atoms with E-state index < -0.39 is 29.9 Å². The number of nitrogens with zero attached hydrogens (tertiary/aromatic N) is 2. The van der Waals surface area contributed by atoms with Gasteiger partial charge in [-0.1, -0.05) is 26.2 Å². The highest BCUT2D eigenvalue weighted by Gasteiger charge is 2.33. The summed E-state index contributed by atoms with van der Waals surface area (Å²) in [7, 11) is 0. The van der Waals surface area contributed by atoms with E-state index in [1.54, 1.807) is 6.92 Å². The van der Waals surface area contributed by atoms with Gasteiger partial charge in [0.05, 0.1) is 6.20 Å². The number of hydrogen-bond donors (Lipinski definition) is 3. The third-order valence-electron chi connectivity index (χ3n) is 4.51. The lowest BCUT2D eigenvalue weighted by molar-refractivity contribution is -0.142. The van der Waals surface area contributed by atoms with E-state index in [1.165, 1.54) is 18.6 Å². The number of rotatable bonds is 7. The molecule has 2 amide bonds. The van der Waals surface area contributed by atoms with Gasteiger partial charge in [0.2, 0.25) is 5.91 Å². The number of carboxylic acids is 1. The number of hydrogen-bond acceptors (Lipinski definition) is 5. The number of nitrogens with one attached hydrogen (secondary N) is 2. The van der Waals surface area contributed by atoms with Crippen molar-refractivity contribution >= 4 is 17.8 Å². The Morgan fingerprint density at radius 2 is 1.92 bits per heavy atom. The molecule has 1 unspecified atom stereocenters. The van der Waals surface area contributed by atoms with Crippen LogP contribution < -0.4 is 10.6 Å². The molecule has 1 aliphatic carbocycles. The van der Waals surface area contributed by atoms with E-state index in [9.17, 15) is 14.4 Å². The van der Waals surface area contributed by atoms with Gasteiger partial charge in [0.15, 0.2) is 0 Å². The van der Waals surface area contributed by atoms with Crippen LogP contribution in [0.5, 0.6) is 0 Å². The zero-order valence-corrected chi connectivity index (χ0v) is 14.3. The maximum Gasteiger partial charge on any atom is 0.326 e. The first-order chi connectivity index (χ1) is 12.0. The van der Waals surface area contributed by atoms with Crippen molar-refractivity contribution in [2.75, 3.05) is 0 Å². The third-order valence-corrected chi connectivity index (χ3v) is 4.51. The Morgan fingerprint density at radius 1 is 1.20 bits per heavy atom. The van der Waals surface area contributed by atoms with Gasteiger partial charge >= 0.3 is 5.97 Å². The minimum atomic E-state index is -1.08. The zero-order chi connectivity index (χ0) is 18.2. The molecule has 3 N–H and O–H groups in total. The second kappa shape index (κ2) is 9.10. The number of carbonyl (C=O) groups is 3.